The number of fused-ring (bicyclic) bond motifs is 1. The molecule has 1 fully saturated rings. The van der Waals surface area contributed by atoms with E-state index in [1.807, 2.05) is 6.07 Å². The first-order valence-electron chi connectivity index (χ1n) is 9.40. The number of hydrogen-bond acceptors (Lipinski definition) is 5. The number of carbonyl (C=O) groups excluding carboxylic acids is 1. The molecular weight excluding hydrogens is 330 g/mol. The van der Waals surface area contributed by atoms with Gasteiger partial charge in [-0.1, -0.05) is 18.6 Å². The Hall–Kier alpha value is -1.92. The fourth-order valence-electron chi connectivity index (χ4n) is 3.90. The largest absolute Gasteiger partial charge is 0.468 e. The molecule has 0 amide bonds. The van der Waals surface area contributed by atoms with Crippen LogP contribution in [0.1, 0.15) is 31.5 Å². The molecule has 1 saturated heterocycles. The highest BCUT2D eigenvalue weighted by atomic mass is 16.5. The van der Waals surface area contributed by atoms with Crippen LogP contribution in [0.3, 0.4) is 0 Å². The van der Waals surface area contributed by atoms with Crippen LogP contribution in [0.25, 0.3) is 11.0 Å². The number of benzene rings is 1. The first-order valence-corrected chi connectivity index (χ1v) is 9.40. The highest BCUT2D eigenvalue weighted by molar-refractivity contribution is 5.76. The molecule has 2 heterocycles. The number of aromatic nitrogens is 2. The average molecular weight is 359 g/mol. The SMILES string of the molecule is COC(=O)[C@H]1C[C@@H](OC)CN1CCCCCn1c(C)nc2ccccc21. The molecule has 1 aliphatic heterocycles. The molecule has 6 heteroatoms. The third-order valence-electron chi connectivity index (χ3n) is 5.34. The molecule has 2 aromatic rings. The van der Waals surface area contributed by atoms with Crippen molar-refractivity contribution in [3.63, 3.8) is 0 Å². The van der Waals surface area contributed by atoms with E-state index in [9.17, 15) is 4.79 Å². The molecule has 26 heavy (non-hydrogen) atoms. The van der Waals surface area contributed by atoms with E-state index in [1.165, 1.54) is 12.6 Å². The van der Waals surface area contributed by atoms with Crippen molar-refractivity contribution in [2.45, 2.75) is 51.3 Å². The summed E-state index contributed by atoms with van der Waals surface area (Å²) in [6.45, 7) is 4.76. The molecule has 0 unspecified atom stereocenters. The lowest BCUT2D eigenvalue weighted by Gasteiger charge is -2.21. The molecule has 3 rings (SSSR count). The lowest BCUT2D eigenvalue weighted by molar-refractivity contribution is -0.145. The second kappa shape index (κ2) is 8.64. The quantitative estimate of drug-likeness (QED) is 0.536. The van der Waals surface area contributed by atoms with E-state index in [0.29, 0.717) is 0 Å². The second-order valence-corrected chi connectivity index (χ2v) is 6.99. The van der Waals surface area contributed by atoms with Gasteiger partial charge in [0.2, 0.25) is 0 Å². The number of likely N-dealkylation sites (tertiary alicyclic amines) is 1. The van der Waals surface area contributed by atoms with Gasteiger partial charge in [0.05, 0.1) is 24.2 Å². The number of carbonyl (C=O) groups is 1. The van der Waals surface area contributed by atoms with Crippen LogP contribution in [-0.2, 0) is 20.8 Å². The van der Waals surface area contributed by atoms with Crippen LogP contribution in [0.15, 0.2) is 24.3 Å². The standard InChI is InChI=1S/C20H29N3O3/c1-15-21-17-9-5-6-10-18(17)23(15)12-8-4-7-11-22-14-16(25-2)13-19(22)20(24)26-3/h5-6,9-10,16,19H,4,7-8,11-14H2,1-3H3/t16-,19-/m1/s1. The monoisotopic (exact) mass is 359 g/mol. The third kappa shape index (κ3) is 4.07. The third-order valence-corrected chi connectivity index (χ3v) is 5.34. The van der Waals surface area contributed by atoms with Crippen LogP contribution >= 0.6 is 0 Å². The molecule has 0 bridgehead atoms. The number of rotatable bonds is 8. The van der Waals surface area contributed by atoms with E-state index in [-0.39, 0.29) is 18.1 Å². The van der Waals surface area contributed by atoms with Crippen molar-refractivity contribution in [3.8, 4) is 0 Å². The number of methoxy groups -OCH3 is 2. The predicted molar refractivity (Wildman–Crippen MR) is 101 cm³/mol. The number of para-hydroxylation sites is 2. The number of hydrogen-bond donors (Lipinski definition) is 0. The molecule has 0 spiro atoms. The van der Waals surface area contributed by atoms with Crippen molar-refractivity contribution in [2.24, 2.45) is 0 Å². The van der Waals surface area contributed by atoms with Crippen molar-refractivity contribution in [2.75, 3.05) is 27.3 Å². The van der Waals surface area contributed by atoms with E-state index in [0.717, 1.165) is 56.7 Å². The Kier molecular flexibility index (Phi) is 6.27. The van der Waals surface area contributed by atoms with E-state index in [2.05, 4.69) is 39.6 Å². The molecule has 0 aliphatic carbocycles. The summed E-state index contributed by atoms with van der Waals surface area (Å²) >= 11 is 0. The van der Waals surface area contributed by atoms with Gasteiger partial charge in [0.1, 0.15) is 11.9 Å². The van der Waals surface area contributed by atoms with Gasteiger partial charge >= 0.3 is 5.97 Å². The molecular formula is C20H29N3O3. The minimum Gasteiger partial charge on any atom is -0.468 e. The van der Waals surface area contributed by atoms with Gasteiger partial charge in [-0.05, 0) is 38.4 Å². The lowest BCUT2D eigenvalue weighted by Crippen LogP contribution is -2.37. The first kappa shape index (κ1) is 18.9. The summed E-state index contributed by atoms with van der Waals surface area (Å²) in [7, 11) is 3.17. The molecule has 1 aromatic heterocycles. The molecule has 0 radical (unpaired) electrons. The topological polar surface area (TPSA) is 56.6 Å². The number of ether oxygens (including phenoxy) is 2. The van der Waals surface area contributed by atoms with E-state index < -0.39 is 0 Å². The van der Waals surface area contributed by atoms with Gasteiger partial charge in [0.15, 0.2) is 0 Å². The Bertz CT molecular complexity index is 743. The maximum Gasteiger partial charge on any atom is 0.323 e. The van der Waals surface area contributed by atoms with Gasteiger partial charge in [-0.2, -0.15) is 0 Å². The van der Waals surface area contributed by atoms with Crippen molar-refractivity contribution < 1.29 is 14.3 Å². The highest BCUT2D eigenvalue weighted by Gasteiger charge is 2.37. The molecule has 142 valence electrons. The van der Waals surface area contributed by atoms with E-state index >= 15 is 0 Å². The summed E-state index contributed by atoms with van der Waals surface area (Å²) in [5, 5.41) is 0. The lowest BCUT2D eigenvalue weighted by atomic mass is 10.2. The maximum absolute atomic E-state index is 12.0. The first-order chi connectivity index (χ1) is 12.6. The van der Waals surface area contributed by atoms with Gasteiger partial charge in [-0.25, -0.2) is 4.98 Å². The second-order valence-electron chi connectivity index (χ2n) is 6.99. The van der Waals surface area contributed by atoms with Gasteiger partial charge in [0.25, 0.3) is 0 Å². The highest BCUT2D eigenvalue weighted by Crippen LogP contribution is 2.22. The number of aryl methyl sites for hydroxylation is 2. The average Bonchev–Trinajstić information content (AvgIpc) is 3.21. The molecule has 0 N–H and O–H groups in total. The minimum absolute atomic E-state index is 0.124. The summed E-state index contributed by atoms with van der Waals surface area (Å²) in [5.74, 6) is 0.921. The molecule has 2 atom stereocenters. The number of unbranched alkanes of at least 4 members (excludes halogenated alkanes) is 2. The predicted octanol–water partition coefficient (Wildman–Crippen LogP) is 2.78. The van der Waals surface area contributed by atoms with Crippen molar-refractivity contribution in [1.82, 2.24) is 14.5 Å². The normalized spacial score (nSPS) is 20.7. The fourth-order valence-corrected chi connectivity index (χ4v) is 3.90. The van der Waals surface area contributed by atoms with Crippen molar-refractivity contribution in [3.05, 3.63) is 30.1 Å². The Labute approximate surface area is 155 Å². The van der Waals surface area contributed by atoms with Crippen LogP contribution in [0.4, 0.5) is 0 Å². The molecule has 0 saturated carbocycles. The number of imidazole rings is 1. The summed E-state index contributed by atoms with van der Waals surface area (Å²) in [5.41, 5.74) is 2.27. The number of nitrogens with zero attached hydrogens (tertiary/aromatic N) is 3. The van der Waals surface area contributed by atoms with E-state index in [1.54, 1.807) is 7.11 Å². The zero-order valence-corrected chi connectivity index (χ0v) is 16.0. The minimum atomic E-state index is -0.162. The van der Waals surface area contributed by atoms with E-state index in [4.69, 9.17) is 9.47 Å². The maximum atomic E-state index is 12.0. The van der Waals surface area contributed by atoms with Crippen LogP contribution in [0, 0.1) is 6.92 Å². The summed E-state index contributed by atoms with van der Waals surface area (Å²) < 4.78 is 12.7. The summed E-state index contributed by atoms with van der Waals surface area (Å²) in [4.78, 5) is 18.8. The number of esters is 1. The molecule has 6 nitrogen and oxygen atoms in total. The summed E-state index contributed by atoms with van der Waals surface area (Å²) in [6.07, 6.45) is 4.14. The van der Waals surface area contributed by atoms with Crippen LogP contribution < -0.4 is 0 Å². The van der Waals surface area contributed by atoms with Crippen molar-refractivity contribution in [1.29, 1.82) is 0 Å². The molecule has 1 aliphatic rings. The van der Waals surface area contributed by atoms with Crippen LogP contribution in [0.5, 0.6) is 0 Å². The van der Waals surface area contributed by atoms with Crippen molar-refractivity contribution >= 4 is 17.0 Å². The zero-order valence-electron chi connectivity index (χ0n) is 16.0. The Balaban J connectivity index is 1.47. The zero-order chi connectivity index (χ0) is 18.5. The van der Waals surface area contributed by atoms with Gasteiger partial charge in [-0.3, -0.25) is 9.69 Å². The Morgan fingerprint density at radius 1 is 1.19 bits per heavy atom. The van der Waals surface area contributed by atoms with Gasteiger partial charge in [0, 0.05) is 26.6 Å². The summed E-state index contributed by atoms with van der Waals surface area (Å²) in [6, 6.07) is 8.12. The van der Waals surface area contributed by atoms with Gasteiger partial charge < -0.3 is 14.0 Å². The van der Waals surface area contributed by atoms with Gasteiger partial charge in [-0.15, -0.1) is 0 Å². The van der Waals surface area contributed by atoms with Crippen LogP contribution in [0.2, 0.25) is 0 Å². The van der Waals surface area contributed by atoms with Crippen LogP contribution in [-0.4, -0.2) is 59.9 Å². The molecule has 1 aromatic carbocycles. The fraction of sp³-hybridized carbons (Fsp3) is 0.600. The smallest absolute Gasteiger partial charge is 0.323 e. The Morgan fingerprint density at radius 2 is 1.96 bits per heavy atom. The Morgan fingerprint density at radius 3 is 2.73 bits per heavy atom.